The van der Waals surface area contributed by atoms with Gasteiger partial charge in [0.25, 0.3) is 0 Å². The number of benzene rings is 1. The molecule has 0 bridgehead atoms. The Balaban J connectivity index is 1.50. The van der Waals surface area contributed by atoms with Gasteiger partial charge in [0.15, 0.2) is 0 Å². The fourth-order valence-electron chi connectivity index (χ4n) is 3.36. The fourth-order valence-corrected chi connectivity index (χ4v) is 4.96. The molecule has 0 radical (unpaired) electrons. The molecule has 0 spiro atoms. The van der Waals surface area contributed by atoms with Crippen LogP contribution in [0.1, 0.15) is 31.4 Å². The van der Waals surface area contributed by atoms with Crippen molar-refractivity contribution in [1.29, 1.82) is 0 Å². The van der Waals surface area contributed by atoms with E-state index < -0.39 is 0 Å². The van der Waals surface area contributed by atoms with Crippen molar-refractivity contribution in [2.75, 3.05) is 6.54 Å². The van der Waals surface area contributed by atoms with Crippen LogP contribution in [-0.4, -0.2) is 21.8 Å². The fraction of sp³-hybridized carbons (Fsp3) is 0.316. The zero-order valence-corrected chi connectivity index (χ0v) is 15.6. The maximum absolute atomic E-state index is 5.97. The van der Waals surface area contributed by atoms with Crippen LogP contribution in [0.5, 0.6) is 0 Å². The molecule has 4 rings (SSSR count). The quantitative estimate of drug-likeness (QED) is 0.592. The highest BCUT2D eigenvalue weighted by Gasteiger charge is 2.30. The zero-order chi connectivity index (χ0) is 16.5. The van der Waals surface area contributed by atoms with Crippen molar-refractivity contribution in [1.82, 2.24) is 4.90 Å². The van der Waals surface area contributed by atoms with Crippen LogP contribution in [0.2, 0.25) is 5.02 Å². The van der Waals surface area contributed by atoms with Crippen molar-refractivity contribution in [2.24, 2.45) is 0 Å². The molecule has 0 atom stereocenters. The average molecular weight is 376 g/mol. The number of halogens is 1. The Morgan fingerprint density at radius 2 is 1.88 bits per heavy atom. The van der Waals surface area contributed by atoms with Gasteiger partial charge in [-0.05, 0) is 55.3 Å². The van der Waals surface area contributed by atoms with Crippen molar-refractivity contribution in [3.05, 3.63) is 52.1 Å². The lowest BCUT2D eigenvalue weighted by Gasteiger charge is -2.24. The Morgan fingerprint density at radius 3 is 2.62 bits per heavy atom. The predicted molar refractivity (Wildman–Crippen MR) is 106 cm³/mol. The van der Waals surface area contributed by atoms with Gasteiger partial charge < -0.3 is 9.32 Å². The monoisotopic (exact) mass is 375 g/mol. The van der Waals surface area contributed by atoms with Crippen LogP contribution < -0.4 is 0 Å². The standard InChI is InChI=1S/C19H18ClNOS2/c20-14-7-5-13(6-8-14)18-10-9-16(22-18)11-17-12-21(19(23)24-17)15-3-1-2-4-15/h5-11,15H,1-4,12H2. The van der Waals surface area contributed by atoms with Crippen LogP contribution in [0.25, 0.3) is 17.4 Å². The number of nitrogens with zero attached hydrogens (tertiary/aromatic N) is 1. The van der Waals surface area contributed by atoms with Crippen molar-refractivity contribution < 1.29 is 4.42 Å². The maximum atomic E-state index is 5.97. The van der Waals surface area contributed by atoms with E-state index in [0.717, 1.165) is 33.0 Å². The molecule has 1 aliphatic carbocycles. The summed E-state index contributed by atoms with van der Waals surface area (Å²) in [5.74, 6) is 1.73. The molecule has 0 amide bonds. The molecule has 2 heterocycles. The minimum atomic E-state index is 0.636. The molecule has 0 N–H and O–H groups in total. The molecule has 0 unspecified atom stereocenters. The third kappa shape index (κ3) is 3.41. The Labute approximate surface area is 156 Å². The molecule has 2 aliphatic rings. The lowest BCUT2D eigenvalue weighted by atomic mass is 10.2. The molecule has 1 aromatic heterocycles. The molecule has 1 saturated carbocycles. The van der Waals surface area contributed by atoms with Crippen molar-refractivity contribution in [2.45, 2.75) is 31.7 Å². The lowest BCUT2D eigenvalue weighted by molar-refractivity contribution is 0.357. The van der Waals surface area contributed by atoms with Crippen LogP contribution >= 0.6 is 35.6 Å². The zero-order valence-electron chi connectivity index (χ0n) is 13.2. The van der Waals surface area contributed by atoms with E-state index in [4.69, 9.17) is 28.2 Å². The summed E-state index contributed by atoms with van der Waals surface area (Å²) in [6.45, 7) is 0.922. The summed E-state index contributed by atoms with van der Waals surface area (Å²) in [5.41, 5.74) is 1.03. The summed E-state index contributed by atoms with van der Waals surface area (Å²) in [6.07, 6.45) is 7.32. The normalized spacial score (nSPS) is 20.5. The van der Waals surface area contributed by atoms with E-state index in [0.29, 0.717) is 6.04 Å². The largest absolute Gasteiger partial charge is 0.457 e. The van der Waals surface area contributed by atoms with E-state index in [1.807, 2.05) is 36.4 Å². The van der Waals surface area contributed by atoms with Gasteiger partial charge in [-0.15, -0.1) is 0 Å². The smallest absolute Gasteiger partial charge is 0.141 e. The van der Waals surface area contributed by atoms with E-state index in [1.165, 1.54) is 30.6 Å². The number of rotatable bonds is 3. The summed E-state index contributed by atoms with van der Waals surface area (Å²) < 4.78 is 6.98. The first kappa shape index (κ1) is 16.2. The molecular weight excluding hydrogens is 358 g/mol. The summed E-state index contributed by atoms with van der Waals surface area (Å²) in [7, 11) is 0. The first-order valence-corrected chi connectivity index (χ1v) is 9.84. The molecule has 2 fully saturated rings. The van der Waals surface area contributed by atoms with E-state index in [1.54, 1.807) is 11.8 Å². The molecule has 24 heavy (non-hydrogen) atoms. The Morgan fingerprint density at radius 1 is 1.12 bits per heavy atom. The number of hydrogen-bond donors (Lipinski definition) is 0. The van der Waals surface area contributed by atoms with Crippen LogP contribution in [0, 0.1) is 0 Å². The van der Waals surface area contributed by atoms with Gasteiger partial charge in [-0.25, -0.2) is 0 Å². The van der Waals surface area contributed by atoms with Gasteiger partial charge in [0.1, 0.15) is 15.8 Å². The highest BCUT2D eigenvalue weighted by atomic mass is 35.5. The van der Waals surface area contributed by atoms with E-state index in [9.17, 15) is 0 Å². The summed E-state index contributed by atoms with van der Waals surface area (Å²) in [6, 6.07) is 12.3. The molecule has 2 nitrogen and oxygen atoms in total. The van der Waals surface area contributed by atoms with Crippen molar-refractivity contribution in [3.8, 4) is 11.3 Å². The van der Waals surface area contributed by atoms with Gasteiger partial charge in [-0.3, -0.25) is 0 Å². The van der Waals surface area contributed by atoms with E-state index >= 15 is 0 Å². The third-order valence-corrected chi connectivity index (χ3v) is 6.26. The van der Waals surface area contributed by atoms with Gasteiger partial charge in [-0.1, -0.05) is 48.4 Å². The summed E-state index contributed by atoms with van der Waals surface area (Å²) in [4.78, 5) is 3.66. The predicted octanol–water partition coefficient (Wildman–Crippen LogP) is 6.22. The minimum absolute atomic E-state index is 0.636. The first-order chi connectivity index (χ1) is 11.7. The van der Waals surface area contributed by atoms with E-state index in [2.05, 4.69) is 11.0 Å². The van der Waals surface area contributed by atoms with Gasteiger partial charge in [-0.2, -0.15) is 0 Å². The second-order valence-corrected chi connectivity index (χ2v) is 8.45. The van der Waals surface area contributed by atoms with Gasteiger partial charge in [0, 0.05) is 21.5 Å². The molecule has 1 aliphatic heterocycles. The van der Waals surface area contributed by atoms with Crippen molar-refractivity contribution in [3.63, 3.8) is 0 Å². The lowest BCUT2D eigenvalue weighted by Crippen LogP contribution is -2.32. The van der Waals surface area contributed by atoms with Crippen LogP contribution in [0.3, 0.4) is 0 Å². The van der Waals surface area contributed by atoms with Gasteiger partial charge in [0.05, 0.1) is 6.54 Å². The molecule has 5 heteroatoms. The molecular formula is C19H18ClNOS2. The molecule has 1 saturated heterocycles. The Bertz CT molecular complexity index is 775. The topological polar surface area (TPSA) is 16.4 Å². The molecule has 1 aromatic carbocycles. The maximum Gasteiger partial charge on any atom is 0.141 e. The number of furan rings is 1. The van der Waals surface area contributed by atoms with Gasteiger partial charge >= 0.3 is 0 Å². The highest BCUT2D eigenvalue weighted by Crippen LogP contribution is 2.37. The second-order valence-electron chi connectivity index (χ2n) is 6.25. The third-order valence-electron chi connectivity index (χ3n) is 4.60. The molecule has 2 aromatic rings. The number of hydrogen-bond acceptors (Lipinski definition) is 3. The van der Waals surface area contributed by atoms with Crippen LogP contribution in [-0.2, 0) is 0 Å². The van der Waals surface area contributed by atoms with Crippen LogP contribution in [0.4, 0.5) is 0 Å². The summed E-state index contributed by atoms with van der Waals surface area (Å²) in [5, 5.41) is 0.732. The average Bonchev–Trinajstić information content (AvgIpc) is 3.30. The number of thioether (sulfide) groups is 1. The SMILES string of the molecule is S=C1SC(=Cc2ccc(-c3ccc(Cl)cc3)o2)CN1C1CCCC1. The Kier molecular flexibility index (Phi) is 4.70. The van der Waals surface area contributed by atoms with Crippen molar-refractivity contribution >= 4 is 46.0 Å². The second kappa shape index (κ2) is 6.95. The van der Waals surface area contributed by atoms with Gasteiger partial charge in [0.2, 0.25) is 0 Å². The minimum Gasteiger partial charge on any atom is -0.457 e. The van der Waals surface area contributed by atoms with E-state index in [-0.39, 0.29) is 0 Å². The van der Waals surface area contributed by atoms with Crippen LogP contribution in [0.15, 0.2) is 45.7 Å². The molecule has 124 valence electrons. The Hall–Kier alpha value is -1.23. The summed E-state index contributed by atoms with van der Waals surface area (Å²) >= 11 is 13.2. The number of thiocarbonyl (C=S) groups is 1. The first-order valence-electron chi connectivity index (χ1n) is 8.24. The highest BCUT2D eigenvalue weighted by molar-refractivity contribution is 8.25.